The van der Waals surface area contributed by atoms with Gasteiger partial charge in [-0.1, -0.05) is 67.0 Å². The third-order valence-corrected chi connectivity index (χ3v) is 6.80. The third kappa shape index (κ3) is 7.74. The topological polar surface area (TPSA) is 98.1 Å². The summed E-state index contributed by atoms with van der Waals surface area (Å²) in [5, 5.41) is 15.9. The Labute approximate surface area is 230 Å². The number of hydrogen-bond acceptors (Lipinski definition) is 6. The van der Waals surface area contributed by atoms with Gasteiger partial charge in [0.05, 0.1) is 35.2 Å². The van der Waals surface area contributed by atoms with E-state index in [2.05, 4.69) is 41.3 Å². The van der Waals surface area contributed by atoms with Crippen molar-refractivity contribution in [1.29, 1.82) is 0 Å². The molecule has 2 N–H and O–H groups in total. The van der Waals surface area contributed by atoms with E-state index in [1.807, 2.05) is 4.57 Å². The lowest BCUT2D eigenvalue weighted by Crippen LogP contribution is -2.32. The van der Waals surface area contributed by atoms with E-state index in [0.29, 0.717) is 51.0 Å². The number of carbonyl (C=O) groups is 2. The summed E-state index contributed by atoms with van der Waals surface area (Å²) in [5.41, 5.74) is 0.864. The van der Waals surface area contributed by atoms with E-state index in [-0.39, 0.29) is 23.5 Å². The van der Waals surface area contributed by atoms with Crippen LogP contribution in [0.1, 0.15) is 42.5 Å². The summed E-state index contributed by atoms with van der Waals surface area (Å²) in [6.45, 7) is 8.37. The summed E-state index contributed by atoms with van der Waals surface area (Å²) in [6.07, 6.45) is 2.35. The minimum absolute atomic E-state index is 0.0752. The minimum Gasteiger partial charge on any atom is -0.495 e. The molecule has 3 rings (SSSR count). The number of anilines is 1. The van der Waals surface area contributed by atoms with Crippen molar-refractivity contribution in [2.45, 2.75) is 38.0 Å². The number of carbonyl (C=O) groups excluding carboxylic acids is 2. The molecule has 37 heavy (non-hydrogen) atoms. The van der Waals surface area contributed by atoms with Crippen LogP contribution >= 0.6 is 35.0 Å². The van der Waals surface area contributed by atoms with E-state index in [9.17, 15) is 9.59 Å². The first-order valence-corrected chi connectivity index (χ1v) is 13.3. The number of allylic oxidation sites excluding steroid dienone is 1. The Kier molecular flexibility index (Phi) is 10.4. The Hall–Kier alpha value is -3.01. The van der Waals surface area contributed by atoms with Gasteiger partial charge in [0.25, 0.3) is 5.91 Å². The molecule has 0 unspecified atom stereocenters. The van der Waals surface area contributed by atoms with Gasteiger partial charge in [-0.25, -0.2) is 0 Å². The predicted octanol–water partition coefficient (Wildman–Crippen LogP) is 6.03. The van der Waals surface area contributed by atoms with Gasteiger partial charge in [-0.3, -0.25) is 9.59 Å². The van der Waals surface area contributed by atoms with Crippen LogP contribution in [0.3, 0.4) is 0 Å². The fraction of sp³-hybridized carbons (Fsp3) is 0.308. The highest BCUT2D eigenvalue weighted by Gasteiger charge is 2.25. The van der Waals surface area contributed by atoms with Crippen molar-refractivity contribution in [1.82, 2.24) is 20.1 Å². The van der Waals surface area contributed by atoms with Gasteiger partial charge in [0.2, 0.25) is 5.91 Å². The van der Waals surface area contributed by atoms with Crippen molar-refractivity contribution in [3.8, 4) is 5.75 Å². The van der Waals surface area contributed by atoms with Crippen LogP contribution in [0.4, 0.5) is 5.69 Å². The van der Waals surface area contributed by atoms with Crippen molar-refractivity contribution in [3.63, 3.8) is 0 Å². The lowest BCUT2D eigenvalue weighted by molar-refractivity contribution is -0.113. The zero-order valence-corrected chi connectivity index (χ0v) is 23.2. The Morgan fingerprint density at radius 1 is 1.19 bits per heavy atom. The summed E-state index contributed by atoms with van der Waals surface area (Å²) < 4.78 is 7.14. The second-order valence-corrected chi connectivity index (χ2v) is 10.3. The summed E-state index contributed by atoms with van der Waals surface area (Å²) in [5.74, 6) is 0.865. The Bertz CT molecular complexity index is 1260. The Balaban J connectivity index is 1.79. The molecule has 8 nitrogen and oxygen atoms in total. The lowest BCUT2D eigenvalue weighted by Gasteiger charge is -2.21. The second-order valence-electron chi connectivity index (χ2n) is 8.56. The SMILES string of the molecule is C=CCn1c(SCC(=O)Nc2cc(Cl)ccc2OC)nnc1[C@@H](CC(C)C)NC(=O)c1ccccc1Cl. The number of methoxy groups -OCH3 is 1. The van der Waals surface area contributed by atoms with E-state index < -0.39 is 6.04 Å². The van der Waals surface area contributed by atoms with Crippen LogP contribution in [-0.2, 0) is 11.3 Å². The molecule has 0 aliphatic carbocycles. The van der Waals surface area contributed by atoms with Crippen LogP contribution in [0.5, 0.6) is 5.75 Å². The van der Waals surface area contributed by atoms with E-state index in [1.54, 1.807) is 48.5 Å². The lowest BCUT2D eigenvalue weighted by atomic mass is 10.0. The number of nitrogens with zero attached hydrogens (tertiary/aromatic N) is 3. The highest BCUT2D eigenvalue weighted by atomic mass is 35.5. The average Bonchev–Trinajstić information content (AvgIpc) is 3.25. The molecule has 11 heteroatoms. The molecule has 0 spiro atoms. The maximum atomic E-state index is 13.0. The van der Waals surface area contributed by atoms with Gasteiger partial charge in [0, 0.05) is 11.6 Å². The molecule has 2 amide bonds. The van der Waals surface area contributed by atoms with Gasteiger partial charge in [0.1, 0.15) is 5.75 Å². The van der Waals surface area contributed by atoms with Gasteiger partial charge in [-0.05, 0) is 42.7 Å². The molecule has 0 bridgehead atoms. The smallest absolute Gasteiger partial charge is 0.253 e. The Morgan fingerprint density at radius 2 is 1.95 bits per heavy atom. The molecular weight excluding hydrogens is 533 g/mol. The maximum absolute atomic E-state index is 13.0. The second kappa shape index (κ2) is 13.5. The van der Waals surface area contributed by atoms with Crippen LogP contribution in [0, 0.1) is 5.92 Å². The number of ether oxygens (including phenoxy) is 1. The number of nitrogens with one attached hydrogen (secondary N) is 2. The summed E-state index contributed by atoms with van der Waals surface area (Å²) in [4.78, 5) is 25.7. The normalized spacial score (nSPS) is 11.7. The molecule has 1 heterocycles. The van der Waals surface area contributed by atoms with Gasteiger partial charge in [0.15, 0.2) is 11.0 Å². The first kappa shape index (κ1) is 28.6. The molecule has 2 aromatic carbocycles. The van der Waals surface area contributed by atoms with Crippen LogP contribution in [0.2, 0.25) is 10.0 Å². The number of amides is 2. The standard InChI is InChI=1S/C26H29Cl2N5O3S/c1-5-12-33-24(21(13-16(2)3)30-25(35)18-8-6-7-9-19(18)28)31-32-26(33)37-15-23(34)29-20-14-17(27)10-11-22(20)36-4/h5-11,14,16,21H,1,12-13,15H2,2-4H3,(H,29,34)(H,30,35)/t21-/m1/s1. The fourth-order valence-electron chi connectivity index (χ4n) is 3.64. The minimum atomic E-state index is -0.421. The van der Waals surface area contributed by atoms with E-state index in [0.717, 1.165) is 0 Å². The molecule has 3 aromatic rings. The zero-order chi connectivity index (χ0) is 26.9. The first-order chi connectivity index (χ1) is 17.7. The highest BCUT2D eigenvalue weighted by molar-refractivity contribution is 7.99. The van der Waals surface area contributed by atoms with Crippen molar-refractivity contribution in [3.05, 3.63) is 76.6 Å². The van der Waals surface area contributed by atoms with Crippen LogP contribution in [0.15, 0.2) is 60.3 Å². The highest BCUT2D eigenvalue weighted by Crippen LogP contribution is 2.29. The zero-order valence-electron chi connectivity index (χ0n) is 20.8. The number of benzene rings is 2. The summed E-state index contributed by atoms with van der Waals surface area (Å²) in [7, 11) is 1.52. The molecule has 0 aliphatic rings. The monoisotopic (exact) mass is 561 g/mol. The Morgan fingerprint density at radius 3 is 2.62 bits per heavy atom. The van der Waals surface area contributed by atoms with Crippen LogP contribution in [0.25, 0.3) is 0 Å². The van der Waals surface area contributed by atoms with Gasteiger partial charge >= 0.3 is 0 Å². The molecule has 196 valence electrons. The van der Waals surface area contributed by atoms with Crippen molar-refractivity contribution < 1.29 is 14.3 Å². The van der Waals surface area contributed by atoms with Crippen molar-refractivity contribution in [2.75, 3.05) is 18.2 Å². The maximum Gasteiger partial charge on any atom is 0.253 e. The van der Waals surface area contributed by atoms with E-state index in [4.69, 9.17) is 27.9 Å². The molecule has 0 saturated carbocycles. The number of halogens is 2. The van der Waals surface area contributed by atoms with Crippen LogP contribution < -0.4 is 15.4 Å². The first-order valence-electron chi connectivity index (χ1n) is 11.6. The molecule has 0 saturated heterocycles. The predicted molar refractivity (Wildman–Crippen MR) is 149 cm³/mol. The van der Waals surface area contributed by atoms with Gasteiger partial charge < -0.3 is 19.9 Å². The molecule has 1 atom stereocenters. The molecule has 0 aliphatic heterocycles. The quantitative estimate of drug-likeness (QED) is 0.207. The van der Waals surface area contributed by atoms with Gasteiger partial charge in [-0.2, -0.15) is 0 Å². The third-order valence-electron chi connectivity index (χ3n) is 5.27. The molecular formula is C26H29Cl2N5O3S. The number of thioether (sulfide) groups is 1. The van der Waals surface area contributed by atoms with Crippen molar-refractivity contribution >= 4 is 52.5 Å². The van der Waals surface area contributed by atoms with E-state index >= 15 is 0 Å². The van der Waals surface area contributed by atoms with Crippen LogP contribution in [-0.4, -0.2) is 39.4 Å². The number of rotatable bonds is 12. The number of hydrogen-bond donors (Lipinski definition) is 2. The number of aromatic nitrogens is 3. The largest absolute Gasteiger partial charge is 0.495 e. The molecule has 0 radical (unpaired) electrons. The summed E-state index contributed by atoms with van der Waals surface area (Å²) in [6, 6.07) is 11.5. The fourth-order valence-corrected chi connectivity index (χ4v) is 4.79. The van der Waals surface area contributed by atoms with Gasteiger partial charge in [-0.15, -0.1) is 16.8 Å². The molecule has 1 aromatic heterocycles. The van der Waals surface area contributed by atoms with E-state index in [1.165, 1.54) is 18.9 Å². The molecule has 0 fully saturated rings. The average molecular weight is 563 g/mol. The summed E-state index contributed by atoms with van der Waals surface area (Å²) >= 11 is 13.5. The van der Waals surface area contributed by atoms with Crippen molar-refractivity contribution in [2.24, 2.45) is 5.92 Å².